The zero-order valence-electron chi connectivity index (χ0n) is 12.3. The maximum atomic E-state index is 12.9. The highest BCUT2D eigenvalue weighted by Gasteiger charge is 2.15. The van der Waals surface area contributed by atoms with Crippen LogP contribution in [0.5, 0.6) is 0 Å². The third-order valence-electron chi connectivity index (χ3n) is 3.00. The van der Waals surface area contributed by atoms with Crippen LogP contribution < -0.4 is 16.4 Å². The Labute approximate surface area is 141 Å². The lowest BCUT2D eigenvalue weighted by atomic mass is 10.1. The molecule has 0 atom stereocenters. The zero-order valence-corrected chi connectivity index (χ0v) is 13.1. The molecule has 0 radical (unpaired) electrons. The monoisotopic (exact) mass is 349 g/mol. The maximum Gasteiger partial charge on any atom is 0.255 e. The van der Waals surface area contributed by atoms with E-state index in [2.05, 4.69) is 10.6 Å². The zero-order chi connectivity index (χ0) is 17.7. The number of rotatable bonds is 5. The fraction of sp³-hybridized carbons (Fsp3) is 0.0625. The van der Waals surface area contributed by atoms with Crippen LogP contribution in [0.1, 0.15) is 20.7 Å². The van der Waals surface area contributed by atoms with Crippen LogP contribution >= 0.6 is 11.6 Å². The van der Waals surface area contributed by atoms with E-state index in [0.29, 0.717) is 5.02 Å². The van der Waals surface area contributed by atoms with Gasteiger partial charge >= 0.3 is 0 Å². The molecular formula is C16H13ClFN3O3. The summed E-state index contributed by atoms with van der Waals surface area (Å²) >= 11 is 5.89. The van der Waals surface area contributed by atoms with Crippen molar-refractivity contribution in [2.24, 2.45) is 5.73 Å². The van der Waals surface area contributed by atoms with Gasteiger partial charge in [0.15, 0.2) is 0 Å². The molecule has 0 bridgehead atoms. The molecule has 24 heavy (non-hydrogen) atoms. The first-order chi connectivity index (χ1) is 11.4. The van der Waals surface area contributed by atoms with Gasteiger partial charge in [-0.1, -0.05) is 11.6 Å². The molecule has 2 rings (SSSR count). The van der Waals surface area contributed by atoms with Crippen molar-refractivity contribution in [1.29, 1.82) is 0 Å². The number of halogens is 2. The number of hydrogen-bond acceptors (Lipinski definition) is 3. The highest BCUT2D eigenvalue weighted by molar-refractivity contribution is 6.31. The number of anilines is 1. The Morgan fingerprint density at radius 3 is 2.33 bits per heavy atom. The Morgan fingerprint density at radius 1 is 1.04 bits per heavy atom. The highest BCUT2D eigenvalue weighted by atomic mass is 35.5. The Morgan fingerprint density at radius 2 is 1.71 bits per heavy atom. The van der Waals surface area contributed by atoms with Crippen molar-refractivity contribution in [2.75, 3.05) is 11.9 Å². The quantitative estimate of drug-likeness (QED) is 0.768. The third-order valence-corrected chi connectivity index (χ3v) is 3.24. The fourth-order valence-electron chi connectivity index (χ4n) is 1.88. The normalized spacial score (nSPS) is 10.1. The maximum absolute atomic E-state index is 12.9. The molecule has 0 unspecified atom stereocenters. The first kappa shape index (κ1) is 17.4. The SMILES string of the molecule is NC(=O)CNC(=O)c1ccc(Cl)cc1NC(=O)c1ccc(F)cc1. The lowest BCUT2D eigenvalue weighted by Crippen LogP contribution is -2.33. The highest BCUT2D eigenvalue weighted by Crippen LogP contribution is 2.22. The smallest absolute Gasteiger partial charge is 0.255 e. The molecule has 0 aliphatic rings. The van der Waals surface area contributed by atoms with Crippen molar-refractivity contribution >= 4 is 35.0 Å². The first-order valence-corrected chi connectivity index (χ1v) is 7.17. The van der Waals surface area contributed by atoms with Gasteiger partial charge in [0.05, 0.1) is 17.8 Å². The Kier molecular flexibility index (Phi) is 5.49. The lowest BCUT2D eigenvalue weighted by molar-refractivity contribution is -0.117. The number of nitrogens with one attached hydrogen (secondary N) is 2. The number of benzene rings is 2. The second-order valence-electron chi connectivity index (χ2n) is 4.80. The second-order valence-corrected chi connectivity index (χ2v) is 5.24. The minimum atomic E-state index is -0.700. The van der Waals surface area contributed by atoms with E-state index >= 15 is 0 Å². The number of nitrogens with two attached hydrogens (primary N) is 1. The molecule has 0 aliphatic carbocycles. The van der Waals surface area contributed by atoms with Crippen molar-refractivity contribution < 1.29 is 18.8 Å². The Hall–Kier alpha value is -2.93. The number of amides is 3. The van der Waals surface area contributed by atoms with Crippen molar-refractivity contribution in [3.05, 3.63) is 64.4 Å². The van der Waals surface area contributed by atoms with E-state index in [1.165, 1.54) is 30.3 Å². The molecular weight excluding hydrogens is 337 g/mol. The molecule has 3 amide bonds. The summed E-state index contributed by atoms with van der Waals surface area (Å²) in [6.45, 7) is -0.340. The van der Waals surface area contributed by atoms with Crippen LogP contribution in [-0.4, -0.2) is 24.3 Å². The van der Waals surface area contributed by atoms with Gasteiger partial charge in [-0.2, -0.15) is 0 Å². The summed E-state index contributed by atoms with van der Waals surface area (Å²) in [5.41, 5.74) is 5.44. The van der Waals surface area contributed by atoms with Gasteiger partial charge in [-0.3, -0.25) is 14.4 Å². The second kappa shape index (κ2) is 7.56. The number of carbonyl (C=O) groups excluding carboxylic acids is 3. The summed E-state index contributed by atoms with van der Waals surface area (Å²) < 4.78 is 12.9. The molecule has 4 N–H and O–H groups in total. The van der Waals surface area contributed by atoms with E-state index in [9.17, 15) is 18.8 Å². The molecule has 2 aromatic carbocycles. The van der Waals surface area contributed by atoms with E-state index < -0.39 is 23.5 Å². The van der Waals surface area contributed by atoms with Crippen molar-refractivity contribution in [2.45, 2.75) is 0 Å². The van der Waals surface area contributed by atoms with Crippen molar-refractivity contribution in [1.82, 2.24) is 5.32 Å². The van der Waals surface area contributed by atoms with Gasteiger partial charge in [0.1, 0.15) is 5.82 Å². The van der Waals surface area contributed by atoms with E-state index in [0.717, 1.165) is 12.1 Å². The van der Waals surface area contributed by atoms with Gasteiger partial charge in [-0.15, -0.1) is 0 Å². The molecule has 0 heterocycles. The molecule has 6 nitrogen and oxygen atoms in total. The molecule has 8 heteroatoms. The van der Waals surface area contributed by atoms with Gasteiger partial charge in [0.2, 0.25) is 5.91 Å². The van der Waals surface area contributed by atoms with Gasteiger partial charge in [-0.05, 0) is 42.5 Å². The fourth-order valence-corrected chi connectivity index (χ4v) is 2.05. The Bertz CT molecular complexity index is 794. The topological polar surface area (TPSA) is 101 Å². The summed E-state index contributed by atoms with van der Waals surface area (Å²) in [5.74, 6) is -2.31. The van der Waals surface area contributed by atoms with Crippen LogP contribution in [0, 0.1) is 5.82 Å². The van der Waals surface area contributed by atoms with Crippen LogP contribution in [0.4, 0.5) is 10.1 Å². The summed E-state index contributed by atoms with van der Waals surface area (Å²) in [5, 5.41) is 5.16. The average Bonchev–Trinajstić information content (AvgIpc) is 2.53. The minimum Gasteiger partial charge on any atom is -0.368 e. The predicted octanol–water partition coefficient (Wildman–Crippen LogP) is 1.95. The molecule has 0 saturated carbocycles. The standard InChI is InChI=1S/C16H13ClFN3O3/c17-10-3-6-12(16(24)20-8-14(19)22)13(7-10)21-15(23)9-1-4-11(18)5-2-9/h1-7H,8H2,(H2,19,22)(H,20,24)(H,21,23). The molecule has 0 spiro atoms. The van der Waals surface area contributed by atoms with E-state index in [1.54, 1.807) is 0 Å². The average molecular weight is 350 g/mol. The predicted molar refractivity (Wildman–Crippen MR) is 87.3 cm³/mol. The molecule has 0 aliphatic heterocycles. The molecule has 0 saturated heterocycles. The van der Waals surface area contributed by atoms with Crippen LogP contribution in [0.25, 0.3) is 0 Å². The molecule has 0 aromatic heterocycles. The minimum absolute atomic E-state index is 0.108. The van der Waals surface area contributed by atoms with E-state index in [1.807, 2.05) is 0 Å². The lowest BCUT2D eigenvalue weighted by Gasteiger charge is -2.11. The molecule has 124 valence electrons. The molecule has 0 fully saturated rings. The number of carbonyl (C=O) groups is 3. The summed E-state index contributed by atoms with van der Waals surface area (Å²) in [7, 11) is 0. The van der Waals surface area contributed by atoms with Gasteiger partial charge in [0.25, 0.3) is 11.8 Å². The largest absolute Gasteiger partial charge is 0.368 e. The van der Waals surface area contributed by atoms with E-state index in [4.69, 9.17) is 17.3 Å². The van der Waals surface area contributed by atoms with Gasteiger partial charge in [-0.25, -0.2) is 4.39 Å². The van der Waals surface area contributed by atoms with Crippen LogP contribution in [0.3, 0.4) is 0 Å². The van der Waals surface area contributed by atoms with Crippen LogP contribution in [0.15, 0.2) is 42.5 Å². The van der Waals surface area contributed by atoms with Gasteiger partial charge < -0.3 is 16.4 Å². The van der Waals surface area contributed by atoms with E-state index in [-0.39, 0.29) is 23.4 Å². The molecule has 2 aromatic rings. The summed E-state index contributed by atoms with van der Waals surface area (Å²) in [6.07, 6.45) is 0. The number of primary amides is 1. The summed E-state index contributed by atoms with van der Waals surface area (Å²) in [6, 6.07) is 9.17. The van der Waals surface area contributed by atoms with Crippen LogP contribution in [0.2, 0.25) is 5.02 Å². The van der Waals surface area contributed by atoms with Crippen molar-refractivity contribution in [3.8, 4) is 0 Å². The summed E-state index contributed by atoms with van der Waals surface area (Å²) in [4.78, 5) is 35.0. The van der Waals surface area contributed by atoms with Crippen LogP contribution in [-0.2, 0) is 4.79 Å². The third kappa shape index (κ3) is 4.53. The van der Waals surface area contributed by atoms with Crippen molar-refractivity contribution in [3.63, 3.8) is 0 Å². The Balaban J connectivity index is 2.23. The van der Waals surface area contributed by atoms with Gasteiger partial charge in [0, 0.05) is 10.6 Å². The first-order valence-electron chi connectivity index (χ1n) is 6.80. The number of hydrogen-bond donors (Lipinski definition) is 3.